The van der Waals surface area contributed by atoms with Gasteiger partial charge in [-0.05, 0) is 0 Å². The Morgan fingerprint density at radius 1 is 0.867 bits per heavy atom. The predicted octanol–water partition coefficient (Wildman–Crippen LogP) is 2.28. The van der Waals surface area contributed by atoms with Crippen LogP contribution in [0.4, 0.5) is 0 Å². The van der Waals surface area contributed by atoms with Crippen molar-refractivity contribution in [2.24, 2.45) is 0 Å². The van der Waals surface area contributed by atoms with Crippen LogP contribution in [0.2, 0.25) is 6.04 Å². The molecule has 0 bridgehead atoms. The maximum atomic E-state index is 5.37. The van der Waals surface area contributed by atoms with Crippen LogP contribution in [0.15, 0.2) is 0 Å². The van der Waals surface area contributed by atoms with Crippen molar-refractivity contribution >= 4 is 16.1 Å². The number of rotatable bonds is 8. The molecule has 0 aromatic carbocycles. The Bertz CT molecular complexity index is 158. The van der Waals surface area contributed by atoms with Crippen LogP contribution in [-0.4, -0.2) is 56.3 Å². The zero-order valence-electron chi connectivity index (χ0n) is 11.1. The van der Waals surface area contributed by atoms with E-state index in [2.05, 4.69) is 20.0 Å². The first-order chi connectivity index (χ1) is 6.89. The fraction of sp³-hybridized carbons (Fsp3) is 1.00. The summed E-state index contributed by atoms with van der Waals surface area (Å²) in [5, 5.41) is 0. The van der Waals surface area contributed by atoms with Crippen molar-refractivity contribution in [2.75, 3.05) is 47.5 Å². The summed E-state index contributed by atoms with van der Waals surface area (Å²) in [7, 11) is 1.85. The van der Waals surface area contributed by atoms with Gasteiger partial charge in [0.15, 0.2) is 0 Å². The summed E-state index contributed by atoms with van der Waals surface area (Å²) in [6.45, 7) is 7.21. The third kappa shape index (κ3) is 6.64. The second-order valence-electron chi connectivity index (χ2n) is 5.06. The second kappa shape index (κ2) is 6.97. The molecule has 94 valence electrons. The van der Waals surface area contributed by atoms with Crippen LogP contribution in [0.3, 0.4) is 0 Å². The van der Waals surface area contributed by atoms with E-state index in [-0.39, 0.29) is 0 Å². The third-order valence-electron chi connectivity index (χ3n) is 2.59. The summed E-state index contributed by atoms with van der Waals surface area (Å²) >= 11 is 0. The van der Waals surface area contributed by atoms with Crippen molar-refractivity contribution in [3.8, 4) is 0 Å². The number of unbranched alkanes of at least 4 members (excludes halogenated alkanes) is 1. The molecule has 0 heterocycles. The first-order valence-electron chi connectivity index (χ1n) is 5.54. The molecule has 0 N–H and O–H groups in total. The first kappa shape index (κ1) is 15.5. The molecule has 0 saturated heterocycles. The molecule has 0 aliphatic heterocycles. The average molecular weight is 254 g/mol. The third-order valence-corrected chi connectivity index (χ3v) is 7.28. The molecule has 0 aromatic rings. The summed E-state index contributed by atoms with van der Waals surface area (Å²) in [4.78, 5) is 0. The summed E-state index contributed by atoms with van der Waals surface area (Å²) in [6.07, 6.45) is 3.78. The Balaban J connectivity index is 3.82. The van der Waals surface area contributed by atoms with Crippen molar-refractivity contribution in [3.63, 3.8) is 0 Å². The van der Waals surface area contributed by atoms with Crippen LogP contribution in [0, 0.1) is 0 Å². The van der Waals surface area contributed by atoms with E-state index in [1.807, 2.05) is 0 Å². The van der Waals surface area contributed by atoms with E-state index in [0.717, 1.165) is 12.5 Å². The van der Waals surface area contributed by atoms with E-state index in [1.54, 1.807) is 21.3 Å². The van der Waals surface area contributed by atoms with Gasteiger partial charge in [0.05, 0.1) is 0 Å². The summed E-state index contributed by atoms with van der Waals surface area (Å²) in [5.41, 5.74) is 0. The van der Waals surface area contributed by atoms with Gasteiger partial charge in [-0.3, -0.25) is 0 Å². The summed E-state index contributed by atoms with van der Waals surface area (Å²) in [5.74, 6) is 0. The van der Waals surface area contributed by atoms with Gasteiger partial charge in [-0.2, -0.15) is 0 Å². The Morgan fingerprint density at radius 3 is 1.67 bits per heavy atom. The molecule has 3 nitrogen and oxygen atoms in total. The molecular formula is C10H27O3PSi. The second-order valence-corrected chi connectivity index (χ2v) is 13.8. The fourth-order valence-corrected chi connectivity index (χ4v) is 4.66. The minimum absolute atomic E-state index is 0.891. The monoisotopic (exact) mass is 254 g/mol. The molecule has 0 fully saturated rings. The van der Waals surface area contributed by atoms with Gasteiger partial charge in [-0.1, -0.05) is 0 Å². The average Bonchev–Trinajstić information content (AvgIpc) is 2.18. The molecule has 0 radical (unpaired) electrons. The van der Waals surface area contributed by atoms with Gasteiger partial charge in [-0.15, -0.1) is 0 Å². The SMILES string of the molecule is CO[Si](CCCC[PH](C)(C)C)(OC)OC. The van der Waals surface area contributed by atoms with Gasteiger partial charge in [0.1, 0.15) is 0 Å². The molecule has 0 amide bonds. The Morgan fingerprint density at radius 2 is 1.33 bits per heavy atom. The van der Waals surface area contributed by atoms with Gasteiger partial charge >= 0.3 is 95.7 Å². The van der Waals surface area contributed by atoms with Gasteiger partial charge in [-0.25, -0.2) is 0 Å². The quantitative estimate of drug-likeness (QED) is 0.378. The van der Waals surface area contributed by atoms with E-state index in [0.29, 0.717) is 0 Å². The van der Waals surface area contributed by atoms with Crippen LogP contribution in [0.1, 0.15) is 12.8 Å². The molecule has 0 spiro atoms. The molecule has 15 heavy (non-hydrogen) atoms. The predicted molar refractivity (Wildman–Crippen MR) is 71.8 cm³/mol. The van der Waals surface area contributed by atoms with Crippen molar-refractivity contribution in [3.05, 3.63) is 0 Å². The molecular weight excluding hydrogens is 227 g/mol. The first-order valence-corrected chi connectivity index (χ1v) is 11.2. The fourth-order valence-electron chi connectivity index (χ4n) is 1.55. The zero-order valence-corrected chi connectivity index (χ0v) is 13.1. The van der Waals surface area contributed by atoms with E-state index >= 15 is 0 Å². The van der Waals surface area contributed by atoms with Crippen LogP contribution < -0.4 is 0 Å². The summed E-state index contributed by atoms with van der Waals surface area (Å²) in [6, 6.07) is 0.932. The van der Waals surface area contributed by atoms with Crippen molar-refractivity contribution < 1.29 is 13.3 Å². The van der Waals surface area contributed by atoms with Gasteiger partial charge in [0.25, 0.3) is 0 Å². The molecule has 0 aromatic heterocycles. The maximum absolute atomic E-state index is 5.37. The molecule has 0 aliphatic carbocycles. The van der Waals surface area contributed by atoms with Crippen LogP contribution in [-0.2, 0) is 13.3 Å². The van der Waals surface area contributed by atoms with Crippen LogP contribution in [0.5, 0.6) is 0 Å². The normalized spacial score (nSPS) is 14.3. The Kier molecular flexibility index (Phi) is 7.22. The number of hydrogen-bond donors (Lipinski definition) is 0. The van der Waals surface area contributed by atoms with Crippen molar-refractivity contribution in [2.45, 2.75) is 18.9 Å². The topological polar surface area (TPSA) is 27.7 Å². The van der Waals surface area contributed by atoms with Crippen molar-refractivity contribution in [1.82, 2.24) is 0 Å². The van der Waals surface area contributed by atoms with Crippen molar-refractivity contribution in [1.29, 1.82) is 0 Å². The van der Waals surface area contributed by atoms with E-state index in [1.165, 1.54) is 12.6 Å². The van der Waals surface area contributed by atoms with Gasteiger partial charge in [0, 0.05) is 0 Å². The molecule has 0 rings (SSSR count). The Hall–Kier alpha value is 0.527. The standard InChI is InChI=1S/C10H27O3PSi/c1-11-15(12-2,13-3)10-8-7-9-14(4,5)6/h14H,7-10H2,1-6H3. The van der Waals surface area contributed by atoms with E-state index in [9.17, 15) is 0 Å². The summed E-state index contributed by atoms with van der Waals surface area (Å²) < 4.78 is 16.1. The van der Waals surface area contributed by atoms with Gasteiger partial charge in [0.2, 0.25) is 0 Å². The zero-order chi connectivity index (χ0) is 11.9. The molecule has 0 unspecified atom stereocenters. The molecule has 0 atom stereocenters. The van der Waals surface area contributed by atoms with E-state index < -0.39 is 16.1 Å². The Labute approximate surface area is 96.2 Å². The number of hydrogen-bond acceptors (Lipinski definition) is 3. The van der Waals surface area contributed by atoms with E-state index in [4.69, 9.17) is 13.3 Å². The minimum atomic E-state index is -2.30. The van der Waals surface area contributed by atoms with Crippen LogP contribution >= 0.6 is 7.26 Å². The molecule has 0 aliphatic rings. The van der Waals surface area contributed by atoms with Crippen LogP contribution in [0.25, 0.3) is 0 Å². The molecule has 5 heteroatoms. The molecule has 0 saturated carbocycles. The van der Waals surface area contributed by atoms with Gasteiger partial charge < -0.3 is 0 Å².